The van der Waals surface area contributed by atoms with Gasteiger partial charge in [0.1, 0.15) is 5.75 Å². The number of para-hydroxylation sites is 1. The lowest BCUT2D eigenvalue weighted by molar-refractivity contribution is 0.0732. The van der Waals surface area contributed by atoms with E-state index in [2.05, 4.69) is 11.8 Å². The molecule has 2 aromatic rings. The molecule has 1 unspecified atom stereocenters. The Balaban J connectivity index is 1.77. The number of carbonyl (C=O) groups excluding carboxylic acids is 1. The Morgan fingerprint density at radius 1 is 1.18 bits per heavy atom. The third kappa shape index (κ3) is 5.13. The average Bonchev–Trinajstić information content (AvgIpc) is 3.23. The van der Waals surface area contributed by atoms with Crippen LogP contribution in [0, 0.1) is 23.6 Å². The fourth-order valence-corrected chi connectivity index (χ4v) is 3.12. The van der Waals surface area contributed by atoms with Crippen molar-refractivity contribution in [2.24, 2.45) is 5.92 Å². The summed E-state index contributed by atoms with van der Waals surface area (Å²) in [6, 6.07) is 12.7. The van der Waals surface area contributed by atoms with Gasteiger partial charge in [0.15, 0.2) is 17.2 Å². The molecule has 28 heavy (non-hydrogen) atoms. The molecule has 1 fully saturated rings. The van der Waals surface area contributed by atoms with Crippen molar-refractivity contribution in [1.82, 2.24) is 0 Å². The molecule has 0 N–H and O–H groups in total. The van der Waals surface area contributed by atoms with Crippen molar-refractivity contribution in [3.8, 4) is 23.3 Å². The van der Waals surface area contributed by atoms with Crippen molar-refractivity contribution in [2.75, 3.05) is 0 Å². The van der Waals surface area contributed by atoms with Crippen LogP contribution >= 0.6 is 0 Å². The molecule has 0 heterocycles. The maximum absolute atomic E-state index is 14.3. The van der Waals surface area contributed by atoms with Crippen LogP contribution in [0.15, 0.2) is 48.5 Å². The molecular weight excluding hydrogens is 355 g/mol. The molecule has 0 radical (unpaired) electrons. The van der Waals surface area contributed by atoms with Crippen LogP contribution in [0.2, 0.25) is 0 Å². The molecule has 3 nitrogen and oxygen atoms in total. The number of benzene rings is 2. The molecule has 0 bridgehead atoms. The van der Waals surface area contributed by atoms with Crippen LogP contribution in [0.4, 0.5) is 4.39 Å². The van der Waals surface area contributed by atoms with Crippen molar-refractivity contribution < 1.29 is 18.7 Å². The highest BCUT2D eigenvalue weighted by Crippen LogP contribution is 2.28. The third-order valence-electron chi connectivity index (χ3n) is 5.03. The van der Waals surface area contributed by atoms with Crippen LogP contribution in [0.5, 0.6) is 11.5 Å². The smallest absolute Gasteiger partial charge is 0.343 e. The minimum absolute atomic E-state index is 0.00702. The summed E-state index contributed by atoms with van der Waals surface area (Å²) in [5, 5.41) is 0. The summed E-state index contributed by atoms with van der Waals surface area (Å²) in [5.74, 6) is 6.23. The fourth-order valence-electron chi connectivity index (χ4n) is 3.12. The van der Waals surface area contributed by atoms with E-state index in [4.69, 9.17) is 9.47 Å². The molecule has 2 aromatic carbocycles. The summed E-state index contributed by atoms with van der Waals surface area (Å²) >= 11 is 0. The first-order chi connectivity index (χ1) is 13.5. The zero-order valence-corrected chi connectivity index (χ0v) is 16.3. The maximum atomic E-state index is 14.3. The lowest BCUT2D eigenvalue weighted by Gasteiger charge is -2.24. The largest absolute Gasteiger partial charge is 0.472 e. The monoisotopic (exact) mass is 380 g/mol. The Hall–Kier alpha value is -2.80. The molecule has 3 rings (SSSR count). The van der Waals surface area contributed by atoms with Crippen LogP contribution in [0.1, 0.15) is 56.3 Å². The number of hydrogen-bond acceptors (Lipinski definition) is 3. The van der Waals surface area contributed by atoms with Crippen LogP contribution in [0.3, 0.4) is 0 Å². The van der Waals surface area contributed by atoms with Gasteiger partial charge in [0, 0.05) is 5.92 Å². The van der Waals surface area contributed by atoms with E-state index in [1.54, 1.807) is 24.3 Å². The van der Waals surface area contributed by atoms with E-state index in [1.807, 2.05) is 19.9 Å². The normalized spacial score (nSPS) is 16.0. The lowest BCUT2D eigenvalue weighted by Crippen LogP contribution is -2.30. The van der Waals surface area contributed by atoms with E-state index in [1.165, 1.54) is 31.0 Å². The van der Waals surface area contributed by atoms with Crippen LogP contribution in [-0.2, 0) is 0 Å². The third-order valence-corrected chi connectivity index (χ3v) is 5.03. The van der Waals surface area contributed by atoms with Gasteiger partial charge in [-0.15, -0.1) is 0 Å². The number of halogens is 1. The second-order valence-corrected chi connectivity index (χ2v) is 7.28. The summed E-state index contributed by atoms with van der Waals surface area (Å²) < 4.78 is 25.6. The Morgan fingerprint density at radius 3 is 2.57 bits per heavy atom. The molecular formula is C24H25FO3. The predicted octanol–water partition coefficient (Wildman–Crippen LogP) is 5.79. The first kappa shape index (κ1) is 19.9. The van der Waals surface area contributed by atoms with Crippen molar-refractivity contribution in [3.63, 3.8) is 0 Å². The summed E-state index contributed by atoms with van der Waals surface area (Å²) in [6.07, 6.45) is 5.25. The van der Waals surface area contributed by atoms with Gasteiger partial charge in [0.2, 0.25) is 0 Å². The fraction of sp³-hybridized carbons (Fsp3) is 0.375. The molecule has 0 aromatic heterocycles. The molecule has 1 aliphatic rings. The summed E-state index contributed by atoms with van der Waals surface area (Å²) in [5.41, 5.74) is -0.590. The molecule has 146 valence electrons. The van der Waals surface area contributed by atoms with E-state index in [0.29, 0.717) is 18.1 Å². The van der Waals surface area contributed by atoms with Gasteiger partial charge in [-0.1, -0.05) is 49.8 Å². The minimum atomic E-state index is -0.814. The Kier molecular flexibility index (Phi) is 6.36. The summed E-state index contributed by atoms with van der Waals surface area (Å²) in [6.45, 7) is 3.80. The van der Waals surface area contributed by atoms with E-state index in [9.17, 15) is 9.18 Å². The second kappa shape index (κ2) is 8.93. The van der Waals surface area contributed by atoms with Crippen molar-refractivity contribution >= 4 is 5.97 Å². The number of esters is 1. The van der Waals surface area contributed by atoms with Gasteiger partial charge < -0.3 is 9.47 Å². The highest BCUT2D eigenvalue weighted by molar-refractivity contribution is 5.91. The Bertz CT molecular complexity index is 876. The standard InChI is InChI=1S/C24H25FO3/c1-3-24(2,16-15-18-9-7-8-10-18)28-22-17-19(13-14-21(22)25)23(26)27-20-11-5-4-6-12-20/h4-6,11-14,17-18H,3,7-10H2,1-2H3. The molecule has 0 amide bonds. The van der Waals surface area contributed by atoms with Crippen molar-refractivity contribution in [3.05, 3.63) is 59.9 Å². The van der Waals surface area contributed by atoms with Gasteiger partial charge in [-0.05, 0) is 56.5 Å². The topological polar surface area (TPSA) is 35.5 Å². The number of hydrogen-bond donors (Lipinski definition) is 0. The van der Waals surface area contributed by atoms with Gasteiger partial charge >= 0.3 is 5.97 Å². The second-order valence-electron chi connectivity index (χ2n) is 7.28. The molecule has 1 atom stereocenters. The van der Waals surface area contributed by atoms with Gasteiger partial charge in [-0.3, -0.25) is 0 Å². The van der Waals surface area contributed by atoms with E-state index >= 15 is 0 Å². The summed E-state index contributed by atoms with van der Waals surface area (Å²) in [4.78, 5) is 12.4. The maximum Gasteiger partial charge on any atom is 0.343 e. The molecule has 1 aliphatic carbocycles. The first-order valence-electron chi connectivity index (χ1n) is 9.77. The SMILES string of the molecule is CCC(C)(C#CC1CCCC1)Oc1cc(C(=O)Oc2ccccc2)ccc1F. The number of rotatable bonds is 5. The molecule has 4 heteroatoms. The van der Waals surface area contributed by atoms with Crippen molar-refractivity contribution in [2.45, 2.75) is 51.6 Å². The van der Waals surface area contributed by atoms with E-state index in [-0.39, 0.29) is 11.3 Å². The minimum Gasteiger partial charge on any atom is -0.472 e. The van der Waals surface area contributed by atoms with Crippen LogP contribution < -0.4 is 9.47 Å². The van der Waals surface area contributed by atoms with Gasteiger partial charge in [-0.2, -0.15) is 0 Å². The average molecular weight is 380 g/mol. The van der Waals surface area contributed by atoms with Crippen LogP contribution in [0.25, 0.3) is 0 Å². The Morgan fingerprint density at radius 2 is 1.89 bits per heavy atom. The van der Waals surface area contributed by atoms with Gasteiger partial charge in [0.25, 0.3) is 0 Å². The first-order valence-corrected chi connectivity index (χ1v) is 9.77. The number of carbonyl (C=O) groups is 1. The molecule has 1 saturated carbocycles. The van der Waals surface area contributed by atoms with Gasteiger partial charge in [0.05, 0.1) is 5.56 Å². The molecule has 0 spiro atoms. The van der Waals surface area contributed by atoms with Crippen LogP contribution in [-0.4, -0.2) is 11.6 Å². The zero-order valence-electron chi connectivity index (χ0n) is 16.3. The number of ether oxygens (including phenoxy) is 2. The summed E-state index contributed by atoms with van der Waals surface area (Å²) in [7, 11) is 0. The van der Waals surface area contributed by atoms with Gasteiger partial charge in [-0.25, -0.2) is 9.18 Å². The predicted molar refractivity (Wildman–Crippen MR) is 107 cm³/mol. The highest BCUT2D eigenvalue weighted by Gasteiger charge is 2.25. The Labute approximate surface area is 165 Å². The lowest BCUT2D eigenvalue weighted by atomic mass is 10.0. The highest BCUT2D eigenvalue weighted by atomic mass is 19.1. The van der Waals surface area contributed by atoms with Crippen molar-refractivity contribution in [1.29, 1.82) is 0 Å². The van der Waals surface area contributed by atoms with E-state index < -0.39 is 17.4 Å². The molecule has 0 aliphatic heterocycles. The zero-order chi connectivity index (χ0) is 20.0. The van der Waals surface area contributed by atoms with E-state index in [0.717, 1.165) is 12.8 Å². The quantitative estimate of drug-likeness (QED) is 0.374. The molecule has 0 saturated heterocycles.